The van der Waals surface area contributed by atoms with E-state index in [2.05, 4.69) is 45.8 Å². The Labute approximate surface area is 188 Å². The molecule has 5 heteroatoms. The molecular weight excluding hydrogens is 475 g/mol. The molecule has 0 N–H and O–H groups in total. The summed E-state index contributed by atoms with van der Waals surface area (Å²) in [7, 11) is 1.67. The molecular formula is C24H31IN2O2. The molecule has 3 heterocycles. The molecule has 156 valence electrons. The van der Waals surface area contributed by atoms with Crippen molar-refractivity contribution in [3.63, 3.8) is 0 Å². The average molecular weight is 506 g/mol. The standard InChI is InChI=1S/C24H31IN2O2/c1-28-22-20(25)16-19(17-27-22)8-2-4-10-23(21-9-3-7-14-26-21)13-15-29-24(18-23)11-5-6-12-24/h3,7,9,14,16-17H,2,4-6,8,10-13,15,18H2,1H3. The molecule has 1 saturated carbocycles. The number of methoxy groups -OCH3 is 1. The van der Waals surface area contributed by atoms with Crippen molar-refractivity contribution in [2.45, 2.75) is 75.2 Å². The van der Waals surface area contributed by atoms with Crippen molar-refractivity contribution in [3.8, 4) is 5.88 Å². The molecule has 1 unspecified atom stereocenters. The Hall–Kier alpha value is -1.21. The van der Waals surface area contributed by atoms with Gasteiger partial charge < -0.3 is 9.47 Å². The van der Waals surface area contributed by atoms with Gasteiger partial charge in [0.15, 0.2) is 0 Å². The number of unbranched alkanes of at least 4 members (excludes halogenated alkanes) is 1. The molecule has 0 amide bonds. The molecule has 2 aromatic rings. The second-order valence-corrected chi connectivity index (χ2v) is 9.86. The number of hydrogen-bond acceptors (Lipinski definition) is 4. The molecule has 0 bridgehead atoms. The Morgan fingerprint density at radius 1 is 1.14 bits per heavy atom. The van der Waals surface area contributed by atoms with Gasteiger partial charge in [-0.1, -0.05) is 25.3 Å². The van der Waals surface area contributed by atoms with E-state index >= 15 is 0 Å². The van der Waals surface area contributed by atoms with Crippen LogP contribution in [-0.2, 0) is 16.6 Å². The monoisotopic (exact) mass is 506 g/mol. The third kappa shape index (κ3) is 4.76. The van der Waals surface area contributed by atoms with Crippen molar-refractivity contribution in [1.82, 2.24) is 9.97 Å². The number of hydrogen-bond donors (Lipinski definition) is 0. The van der Waals surface area contributed by atoms with E-state index in [1.54, 1.807) is 7.11 Å². The Morgan fingerprint density at radius 3 is 2.72 bits per heavy atom. The summed E-state index contributed by atoms with van der Waals surface area (Å²) >= 11 is 2.30. The highest BCUT2D eigenvalue weighted by Crippen LogP contribution is 2.50. The van der Waals surface area contributed by atoms with Crippen LogP contribution in [0.15, 0.2) is 36.7 Å². The first-order chi connectivity index (χ1) is 14.1. The zero-order chi connectivity index (χ0) is 20.2. The van der Waals surface area contributed by atoms with Gasteiger partial charge in [-0.3, -0.25) is 4.98 Å². The van der Waals surface area contributed by atoms with Gasteiger partial charge in [-0.05, 0) is 91.3 Å². The lowest BCUT2D eigenvalue weighted by atomic mass is 9.67. The van der Waals surface area contributed by atoms with E-state index in [1.165, 1.54) is 56.2 Å². The van der Waals surface area contributed by atoms with Crippen molar-refractivity contribution < 1.29 is 9.47 Å². The molecule has 29 heavy (non-hydrogen) atoms. The SMILES string of the molecule is COc1ncc(CCCCC2(c3ccccn3)CCOC3(CCCC3)C2)cc1I. The smallest absolute Gasteiger partial charge is 0.226 e. The minimum atomic E-state index is 0.103. The van der Waals surface area contributed by atoms with Crippen LogP contribution >= 0.6 is 22.6 Å². The molecule has 1 atom stereocenters. The maximum atomic E-state index is 6.37. The summed E-state index contributed by atoms with van der Waals surface area (Å²) < 4.78 is 12.7. The minimum Gasteiger partial charge on any atom is -0.480 e. The molecule has 4 rings (SSSR count). The van der Waals surface area contributed by atoms with Crippen LogP contribution in [0.2, 0.25) is 0 Å². The fourth-order valence-electron chi connectivity index (χ4n) is 5.34. The highest BCUT2D eigenvalue weighted by molar-refractivity contribution is 14.1. The molecule has 0 radical (unpaired) electrons. The maximum Gasteiger partial charge on any atom is 0.226 e. The number of nitrogens with zero attached hydrogens (tertiary/aromatic N) is 2. The van der Waals surface area contributed by atoms with Crippen LogP contribution in [0.1, 0.15) is 69.0 Å². The molecule has 1 spiro atoms. The van der Waals surface area contributed by atoms with Gasteiger partial charge in [-0.25, -0.2) is 4.98 Å². The predicted octanol–water partition coefficient (Wildman–Crippen LogP) is 5.86. The molecule has 1 aliphatic carbocycles. The molecule has 0 aromatic carbocycles. The summed E-state index contributed by atoms with van der Waals surface area (Å²) in [5, 5.41) is 0. The van der Waals surface area contributed by atoms with Crippen LogP contribution in [0.25, 0.3) is 0 Å². The summed E-state index contributed by atoms with van der Waals surface area (Å²) in [6, 6.07) is 8.61. The van der Waals surface area contributed by atoms with E-state index in [4.69, 9.17) is 14.5 Å². The number of ether oxygens (including phenoxy) is 2. The number of pyridine rings is 2. The second kappa shape index (κ2) is 9.29. The largest absolute Gasteiger partial charge is 0.480 e. The average Bonchev–Trinajstić information content (AvgIpc) is 3.19. The maximum absolute atomic E-state index is 6.37. The molecule has 4 nitrogen and oxygen atoms in total. The van der Waals surface area contributed by atoms with Gasteiger partial charge in [0.25, 0.3) is 0 Å². The molecule has 2 fully saturated rings. The van der Waals surface area contributed by atoms with Gasteiger partial charge in [-0.2, -0.15) is 0 Å². The van der Waals surface area contributed by atoms with Crippen LogP contribution in [0.3, 0.4) is 0 Å². The van der Waals surface area contributed by atoms with Crippen LogP contribution in [-0.4, -0.2) is 29.3 Å². The fourth-order valence-corrected chi connectivity index (χ4v) is 6.10. The third-order valence-electron chi connectivity index (χ3n) is 6.80. The summed E-state index contributed by atoms with van der Waals surface area (Å²) in [5.41, 5.74) is 2.83. The van der Waals surface area contributed by atoms with Crippen LogP contribution in [0.4, 0.5) is 0 Å². The van der Waals surface area contributed by atoms with Crippen LogP contribution in [0.5, 0.6) is 5.88 Å². The van der Waals surface area contributed by atoms with Gasteiger partial charge in [-0.15, -0.1) is 0 Å². The van der Waals surface area contributed by atoms with Crippen LogP contribution < -0.4 is 4.74 Å². The molecule has 1 saturated heterocycles. The van der Waals surface area contributed by atoms with Crippen molar-refractivity contribution in [1.29, 1.82) is 0 Å². The van der Waals surface area contributed by atoms with Gasteiger partial charge in [0.1, 0.15) is 0 Å². The third-order valence-corrected chi connectivity index (χ3v) is 7.57. The van der Waals surface area contributed by atoms with Gasteiger partial charge in [0, 0.05) is 30.1 Å². The number of aryl methyl sites for hydroxylation is 1. The number of rotatable bonds is 7. The first kappa shape index (κ1) is 21.0. The van der Waals surface area contributed by atoms with Gasteiger partial charge >= 0.3 is 0 Å². The van der Waals surface area contributed by atoms with Gasteiger partial charge in [0.2, 0.25) is 5.88 Å². The lowest BCUT2D eigenvalue weighted by Crippen LogP contribution is -2.46. The van der Waals surface area contributed by atoms with E-state index in [-0.39, 0.29) is 11.0 Å². The Balaban J connectivity index is 1.43. The summed E-state index contributed by atoms with van der Waals surface area (Å²) in [4.78, 5) is 9.23. The van der Waals surface area contributed by atoms with E-state index < -0.39 is 0 Å². The Kier molecular flexibility index (Phi) is 6.74. The zero-order valence-electron chi connectivity index (χ0n) is 17.3. The molecule has 1 aliphatic heterocycles. The lowest BCUT2D eigenvalue weighted by Gasteiger charge is -2.46. The number of aromatic nitrogens is 2. The predicted molar refractivity (Wildman–Crippen MR) is 123 cm³/mol. The number of halogens is 1. The van der Waals surface area contributed by atoms with E-state index in [1.807, 2.05) is 18.5 Å². The molecule has 2 aliphatic rings. The summed E-state index contributed by atoms with van der Waals surface area (Å²) in [5.74, 6) is 0.715. The van der Waals surface area contributed by atoms with Crippen molar-refractivity contribution >= 4 is 22.6 Å². The fraction of sp³-hybridized carbons (Fsp3) is 0.583. The minimum absolute atomic E-state index is 0.103. The highest BCUT2D eigenvalue weighted by Gasteiger charge is 2.48. The zero-order valence-corrected chi connectivity index (χ0v) is 19.5. The van der Waals surface area contributed by atoms with Crippen molar-refractivity contribution in [2.24, 2.45) is 0 Å². The molecule has 2 aromatic heterocycles. The van der Waals surface area contributed by atoms with Crippen molar-refractivity contribution in [3.05, 3.63) is 51.5 Å². The normalized spacial score (nSPS) is 23.4. The van der Waals surface area contributed by atoms with E-state index in [0.717, 1.165) is 29.4 Å². The van der Waals surface area contributed by atoms with E-state index in [9.17, 15) is 0 Å². The summed E-state index contributed by atoms with van der Waals surface area (Å²) in [6.45, 7) is 0.872. The first-order valence-corrected chi connectivity index (χ1v) is 12.0. The topological polar surface area (TPSA) is 44.2 Å². The quantitative estimate of drug-likeness (QED) is 0.349. The van der Waals surface area contributed by atoms with Crippen LogP contribution in [0, 0.1) is 3.57 Å². The first-order valence-electron chi connectivity index (χ1n) is 10.9. The highest BCUT2D eigenvalue weighted by atomic mass is 127. The Bertz CT molecular complexity index is 808. The van der Waals surface area contributed by atoms with E-state index in [0.29, 0.717) is 5.88 Å². The lowest BCUT2D eigenvalue weighted by molar-refractivity contribution is -0.104. The van der Waals surface area contributed by atoms with Gasteiger partial charge in [0.05, 0.1) is 16.3 Å². The second-order valence-electron chi connectivity index (χ2n) is 8.70. The van der Waals surface area contributed by atoms with Crippen molar-refractivity contribution in [2.75, 3.05) is 13.7 Å². The Morgan fingerprint density at radius 2 is 2.00 bits per heavy atom. The summed E-state index contributed by atoms with van der Waals surface area (Å²) in [6.07, 6.45) is 15.8.